The zero-order valence-corrected chi connectivity index (χ0v) is 29.2. The molecule has 4 heteroatoms. The van der Waals surface area contributed by atoms with E-state index >= 15 is 0 Å². The average Bonchev–Trinajstić information content (AvgIpc) is 3.53. The van der Waals surface area contributed by atoms with E-state index in [9.17, 15) is 0 Å². The largest absolute Gasteiger partial charge is 0.495 e. The number of nitrogens with two attached hydrogens (primary N) is 1. The fourth-order valence-electron chi connectivity index (χ4n) is 11.7. The molecule has 8 rings (SSSR count). The smallest absolute Gasteiger partial charge is 0.112 e. The Bertz CT molecular complexity index is 1270. The average molecular weight is 594 g/mol. The summed E-state index contributed by atoms with van der Waals surface area (Å²) in [7, 11) is 0. The van der Waals surface area contributed by atoms with Gasteiger partial charge < -0.3 is 15.2 Å². The molecule has 0 aromatic heterocycles. The van der Waals surface area contributed by atoms with Gasteiger partial charge in [-0.05, 0) is 104 Å². The van der Waals surface area contributed by atoms with Gasteiger partial charge in [-0.3, -0.25) is 0 Å². The van der Waals surface area contributed by atoms with Gasteiger partial charge >= 0.3 is 0 Å². The molecule has 4 fully saturated rings. The van der Waals surface area contributed by atoms with Crippen LogP contribution in [0.2, 0.25) is 0 Å². The highest BCUT2D eigenvalue weighted by atomic mass is 32.1. The van der Waals surface area contributed by atoms with Crippen molar-refractivity contribution < 1.29 is 9.47 Å². The second-order valence-electron chi connectivity index (χ2n) is 18.4. The molecule has 2 N–H and O–H groups in total. The fraction of sp³-hybridized carbons (Fsp3) is 0.842. The van der Waals surface area contributed by atoms with Gasteiger partial charge in [-0.15, -0.1) is 0 Å². The van der Waals surface area contributed by atoms with Gasteiger partial charge in [0.05, 0.1) is 19.0 Å². The molecular formula is C38H59NO2S. The molecule has 0 aromatic rings. The Balaban J connectivity index is 1.25. The minimum atomic E-state index is -0.369. The van der Waals surface area contributed by atoms with E-state index in [2.05, 4.69) is 87.7 Å². The predicted octanol–water partition coefficient (Wildman–Crippen LogP) is 8.90. The third kappa shape index (κ3) is 3.50. The van der Waals surface area contributed by atoms with Crippen LogP contribution in [0, 0.1) is 57.2 Å². The topological polar surface area (TPSA) is 44.5 Å². The van der Waals surface area contributed by atoms with Crippen molar-refractivity contribution in [3.05, 3.63) is 35.1 Å². The monoisotopic (exact) mass is 593 g/mol. The summed E-state index contributed by atoms with van der Waals surface area (Å²) in [6, 6.07) is 0. The standard InChI is InChI=1S/C38H59NO2S/c1-22(2)23(3)37-16-15-34(9)26-11-12-28-33(8)19-25-29(30(25)31(33)40-21-35(10,39)32(5,6)7)24(4)38(28,42)27(26)13-14-36(34,20-37)17-18-41-37/h13,17-18,22-26,28,31,42H,11-12,14-16,19-21,39H2,1-10H3/t23-,24?,25?,26?,28?,31?,33+,34?,35+,36-,37-,38?/m1/s1. The van der Waals surface area contributed by atoms with E-state index in [-0.39, 0.29) is 43.7 Å². The minimum Gasteiger partial charge on any atom is -0.495 e. The van der Waals surface area contributed by atoms with E-state index in [0.29, 0.717) is 42.1 Å². The van der Waals surface area contributed by atoms with Crippen molar-refractivity contribution in [2.75, 3.05) is 6.61 Å². The van der Waals surface area contributed by atoms with E-state index in [1.165, 1.54) is 38.5 Å². The maximum atomic E-state index is 7.00. The lowest BCUT2D eigenvalue weighted by Gasteiger charge is -2.67. The Morgan fingerprint density at radius 2 is 1.81 bits per heavy atom. The van der Waals surface area contributed by atoms with E-state index in [1.807, 2.05) is 0 Å². The van der Waals surface area contributed by atoms with Crippen molar-refractivity contribution in [3.63, 3.8) is 0 Å². The van der Waals surface area contributed by atoms with Crippen LogP contribution in [-0.4, -0.2) is 28.6 Å². The Morgan fingerprint density at radius 1 is 1.10 bits per heavy atom. The number of allylic oxidation sites excluding steroid dienone is 3. The SMILES string of the molecule is CC(C)[C@@H](C)[C@]12CCC3(C)C4CCC5C(S)(C4=CC[C@@]3(C=CO1)C2)C(C)C1=C2C1C[C@]5(C)C2OC[C@](C)(N)C(C)(C)C. The highest BCUT2D eigenvalue weighted by Crippen LogP contribution is 2.78. The van der Waals surface area contributed by atoms with Gasteiger partial charge in [-0.25, -0.2) is 0 Å². The van der Waals surface area contributed by atoms with Crippen LogP contribution >= 0.6 is 12.6 Å². The molecule has 0 radical (unpaired) electrons. The lowest BCUT2D eigenvalue weighted by molar-refractivity contribution is -0.173. The second kappa shape index (κ2) is 8.75. The molecular weight excluding hydrogens is 534 g/mol. The molecule has 234 valence electrons. The molecule has 3 nitrogen and oxygen atoms in total. The minimum absolute atomic E-state index is 0.0114. The van der Waals surface area contributed by atoms with Gasteiger partial charge in [-0.1, -0.05) is 79.5 Å². The van der Waals surface area contributed by atoms with Crippen molar-refractivity contribution in [2.24, 2.45) is 62.9 Å². The first kappa shape index (κ1) is 30.0. The van der Waals surface area contributed by atoms with Gasteiger partial charge in [0, 0.05) is 27.0 Å². The molecule has 1 heterocycles. The van der Waals surface area contributed by atoms with Crippen LogP contribution in [0.1, 0.15) is 114 Å². The number of rotatable bonds is 5. The van der Waals surface area contributed by atoms with E-state index in [4.69, 9.17) is 27.8 Å². The first-order valence-corrected chi connectivity index (χ1v) is 17.8. The third-order valence-corrected chi connectivity index (χ3v) is 16.6. The molecule has 6 bridgehead atoms. The lowest BCUT2D eigenvalue weighted by Crippen LogP contribution is -2.63. The predicted molar refractivity (Wildman–Crippen MR) is 176 cm³/mol. The molecule has 7 aliphatic carbocycles. The summed E-state index contributed by atoms with van der Waals surface area (Å²) in [6.07, 6.45) is 16.0. The second-order valence-corrected chi connectivity index (χ2v) is 19.1. The summed E-state index contributed by atoms with van der Waals surface area (Å²) in [4.78, 5) is 0. The number of thiol groups is 1. The zero-order chi connectivity index (χ0) is 30.5. The van der Waals surface area contributed by atoms with Crippen LogP contribution in [0.25, 0.3) is 0 Å². The summed E-state index contributed by atoms with van der Waals surface area (Å²) >= 11 is 5.93. The first-order chi connectivity index (χ1) is 19.4. The number of hydrogen-bond donors (Lipinski definition) is 2. The molecule has 0 aromatic carbocycles. The van der Waals surface area contributed by atoms with Crippen molar-refractivity contribution >= 4 is 12.6 Å². The van der Waals surface area contributed by atoms with Gasteiger partial charge in [0.2, 0.25) is 0 Å². The summed E-state index contributed by atoms with van der Waals surface area (Å²) in [6.45, 7) is 24.4. The van der Waals surface area contributed by atoms with Gasteiger partial charge in [0.15, 0.2) is 0 Å². The third-order valence-electron chi connectivity index (χ3n) is 15.6. The molecule has 0 saturated heterocycles. The number of hydrogen-bond acceptors (Lipinski definition) is 4. The van der Waals surface area contributed by atoms with E-state index in [0.717, 1.165) is 6.42 Å². The molecule has 8 aliphatic rings. The van der Waals surface area contributed by atoms with Gasteiger partial charge in [0.25, 0.3) is 0 Å². The van der Waals surface area contributed by atoms with Crippen molar-refractivity contribution in [1.82, 2.24) is 0 Å². The van der Waals surface area contributed by atoms with Crippen molar-refractivity contribution in [1.29, 1.82) is 0 Å². The van der Waals surface area contributed by atoms with Crippen LogP contribution < -0.4 is 5.73 Å². The van der Waals surface area contributed by atoms with Crippen LogP contribution in [0.4, 0.5) is 0 Å². The molecule has 1 spiro atoms. The summed E-state index contributed by atoms with van der Waals surface area (Å²) in [5, 5.41) is 0. The van der Waals surface area contributed by atoms with Crippen molar-refractivity contribution in [2.45, 2.75) is 136 Å². The van der Waals surface area contributed by atoms with Crippen LogP contribution in [0.3, 0.4) is 0 Å². The Morgan fingerprint density at radius 3 is 2.48 bits per heavy atom. The van der Waals surface area contributed by atoms with Gasteiger partial charge in [0.1, 0.15) is 5.60 Å². The summed E-state index contributed by atoms with van der Waals surface area (Å²) in [5.41, 5.74) is 12.0. The highest BCUT2D eigenvalue weighted by Gasteiger charge is 2.74. The zero-order valence-electron chi connectivity index (χ0n) is 28.3. The van der Waals surface area contributed by atoms with Crippen LogP contribution in [0.5, 0.6) is 0 Å². The van der Waals surface area contributed by atoms with E-state index < -0.39 is 0 Å². The van der Waals surface area contributed by atoms with Gasteiger partial charge in [-0.2, -0.15) is 12.6 Å². The Labute approximate surface area is 262 Å². The molecule has 12 atom stereocenters. The quantitative estimate of drug-likeness (QED) is 0.247. The Hall–Kier alpha value is -0.710. The number of fused-ring (bicyclic) bond motifs is 3. The molecule has 0 amide bonds. The van der Waals surface area contributed by atoms with E-state index in [1.54, 1.807) is 16.7 Å². The molecule has 7 unspecified atom stereocenters. The van der Waals surface area contributed by atoms with Crippen molar-refractivity contribution in [3.8, 4) is 0 Å². The fourth-order valence-corrected chi connectivity index (χ4v) is 12.5. The maximum Gasteiger partial charge on any atom is 0.112 e. The maximum absolute atomic E-state index is 7.00. The summed E-state index contributed by atoms with van der Waals surface area (Å²) in [5.74, 6) is 3.39. The summed E-state index contributed by atoms with van der Waals surface area (Å²) < 4.78 is 13.5. The number of ether oxygens (including phenoxy) is 2. The molecule has 1 aliphatic heterocycles. The molecule has 42 heavy (non-hydrogen) atoms. The normalized spacial score (nSPS) is 50.6. The Kier molecular flexibility index (Phi) is 6.25. The first-order valence-electron chi connectivity index (χ1n) is 17.3. The highest BCUT2D eigenvalue weighted by molar-refractivity contribution is 7.82. The lowest BCUT2D eigenvalue weighted by atomic mass is 9.40. The molecule has 4 saturated carbocycles. The van der Waals surface area contributed by atoms with Crippen LogP contribution in [-0.2, 0) is 9.47 Å². The van der Waals surface area contributed by atoms with Crippen LogP contribution in [0.15, 0.2) is 35.1 Å².